The number of rotatable bonds is 3. The quantitative estimate of drug-likeness (QED) is 0.744. The van der Waals surface area contributed by atoms with Crippen LogP contribution in [0.5, 0.6) is 0 Å². The minimum absolute atomic E-state index is 0.00542. The Kier molecular flexibility index (Phi) is 5.16. The Hall–Kier alpha value is -1.47. The van der Waals surface area contributed by atoms with Gasteiger partial charge in [0, 0.05) is 19.5 Å². The number of likely N-dealkylation sites (tertiary alicyclic amines) is 1. The van der Waals surface area contributed by atoms with Crippen LogP contribution in [0, 0.1) is 0 Å². The highest BCUT2D eigenvalue weighted by Crippen LogP contribution is 2.39. The standard InChI is InChI=1S/C19H27NO5/c1-18(24)8-11-25-19(17(18)23)6-9-20(10-7-19)16(22)12-14-2-4-15(13-21)5-3-14/h2-5,17,21,23-24H,6-13H2,1H3/t17-,18+/m0/s1. The number of nitrogens with zero attached hydrogens (tertiary/aromatic N) is 1. The molecule has 6 nitrogen and oxygen atoms in total. The number of carbonyl (C=O) groups is 1. The van der Waals surface area contributed by atoms with Gasteiger partial charge < -0.3 is 25.0 Å². The number of aliphatic hydroxyl groups excluding tert-OH is 2. The fraction of sp³-hybridized carbons (Fsp3) is 0.632. The van der Waals surface area contributed by atoms with Crippen LogP contribution in [0.1, 0.15) is 37.3 Å². The molecule has 2 fully saturated rings. The first-order valence-electron chi connectivity index (χ1n) is 8.87. The molecular formula is C19H27NO5. The van der Waals surface area contributed by atoms with Gasteiger partial charge in [0.05, 0.1) is 25.2 Å². The molecule has 0 aromatic heterocycles. The Morgan fingerprint density at radius 1 is 1.20 bits per heavy atom. The van der Waals surface area contributed by atoms with E-state index in [-0.39, 0.29) is 12.5 Å². The highest BCUT2D eigenvalue weighted by Gasteiger charge is 2.52. The summed E-state index contributed by atoms with van der Waals surface area (Å²) in [4.78, 5) is 14.3. The molecule has 0 saturated carbocycles. The minimum Gasteiger partial charge on any atom is -0.392 e. The average molecular weight is 349 g/mol. The summed E-state index contributed by atoms with van der Waals surface area (Å²) in [6.07, 6.45) is 0.860. The van der Waals surface area contributed by atoms with Crippen molar-refractivity contribution in [3.63, 3.8) is 0 Å². The van der Waals surface area contributed by atoms with Crippen molar-refractivity contribution in [2.75, 3.05) is 19.7 Å². The first-order chi connectivity index (χ1) is 11.9. The van der Waals surface area contributed by atoms with Gasteiger partial charge in [0.2, 0.25) is 5.91 Å². The van der Waals surface area contributed by atoms with Crippen LogP contribution in [0.4, 0.5) is 0 Å². The van der Waals surface area contributed by atoms with Crippen molar-refractivity contribution in [3.05, 3.63) is 35.4 Å². The molecule has 1 aromatic carbocycles. The summed E-state index contributed by atoms with van der Waals surface area (Å²) >= 11 is 0. The molecule has 0 radical (unpaired) electrons. The maximum Gasteiger partial charge on any atom is 0.226 e. The van der Waals surface area contributed by atoms with Crippen LogP contribution in [0.2, 0.25) is 0 Å². The SMILES string of the molecule is C[C@@]1(O)CCOC2(CCN(C(=O)Cc3ccc(CO)cc3)CC2)[C@H]1O. The first kappa shape index (κ1) is 18.3. The van der Waals surface area contributed by atoms with E-state index in [1.165, 1.54) is 0 Å². The number of aliphatic hydroxyl groups is 3. The normalized spacial score (nSPS) is 29.0. The molecule has 0 unspecified atom stereocenters. The highest BCUT2D eigenvalue weighted by atomic mass is 16.5. The van der Waals surface area contributed by atoms with Crippen LogP contribution in [0.25, 0.3) is 0 Å². The van der Waals surface area contributed by atoms with Crippen molar-refractivity contribution in [3.8, 4) is 0 Å². The Morgan fingerprint density at radius 2 is 1.80 bits per heavy atom. The number of carbonyl (C=O) groups excluding carboxylic acids is 1. The lowest BCUT2D eigenvalue weighted by molar-refractivity contribution is -0.245. The molecule has 2 aliphatic rings. The molecule has 2 aliphatic heterocycles. The molecule has 1 aromatic rings. The Morgan fingerprint density at radius 3 is 2.40 bits per heavy atom. The number of hydrogen-bond donors (Lipinski definition) is 3. The summed E-state index contributed by atoms with van der Waals surface area (Å²) in [5.41, 5.74) is -0.147. The highest BCUT2D eigenvalue weighted by molar-refractivity contribution is 5.78. The van der Waals surface area contributed by atoms with E-state index in [0.717, 1.165) is 11.1 Å². The van der Waals surface area contributed by atoms with Crippen molar-refractivity contribution < 1.29 is 24.9 Å². The van der Waals surface area contributed by atoms with Crippen LogP contribution in [0.3, 0.4) is 0 Å². The predicted octanol–water partition coefficient (Wildman–Crippen LogP) is 0.615. The van der Waals surface area contributed by atoms with Gasteiger partial charge in [-0.1, -0.05) is 24.3 Å². The maximum absolute atomic E-state index is 12.5. The van der Waals surface area contributed by atoms with Gasteiger partial charge >= 0.3 is 0 Å². The van der Waals surface area contributed by atoms with Gasteiger partial charge in [0.25, 0.3) is 0 Å². The third kappa shape index (κ3) is 3.72. The topological polar surface area (TPSA) is 90.2 Å². The van der Waals surface area contributed by atoms with Crippen molar-refractivity contribution in [1.82, 2.24) is 4.90 Å². The van der Waals surface area contributed by atoms with E-state index < -0.39 is 17.3 Å². The Labute approximate surface area is 148 Å². The fourth-order valence-electron chi connectivity index (χ4n) is 3.84. The minimum atomic E-state index is -1.14. The molecule has 138 valence electrons. The summed E-state index contributed by atoms with van der Waals surface area (Å²) in [5, 5.41) is 29.9. The monoisotopic (exact) mass is 349 g/mol. The van der Waals surface area contributed by atoms with E-state index in [4.69, 9.17) is 9.84 Å². The van der Waals surface area contributed by atoms with E-state index in [1.807, 2.05) is 24.3 Å². The lowest BCUT2D eigenvalue weighted by Crippen LogP contribution is -2.64. The molecule has 0 bridgehead atoms. The number of piperidine rings is 1. The molecule has 2 heterocycles. The van der Waals surface area contributed by atoms with Gasteiger partial charge in [-0.25, -0.2) is 0 Å². The lowest BCUT2D eigenvalue weighted by atomic mass is 9.75. The molecule has 1 amide bonds. The number of hydrogen-bond acceptors (Lipinski definition) is 5. The summed E-state index contributed by atoms with van der Waals surface area (Å²) in [6, 6.07) is 7.37. The molecule has 3 N–H and O–H groups in total. The molecule has 2 saturated heterocycles. The number of ether oxygens (including phenoxy) is 1. The van der Waals surface area contributed by atoms with E-state index in [1.54, 1.807) is 11.8 Å². The Bertz CT molecular complexity index is 605. The van der Waals surface area contributed by atoms with E-state index in [9.17, 15) is 15.0 Å². The van der Waals surface area contributed by atoms with Crippen molar-refractivity contribution in [2.45, 2.75) is 56.5 Å². The van der Waals surface area contributed by atoms with Crippen LogP contribution < -0.4 is 0 Å². The summed E-state index contributed by atoms with van der Waals surface area (Å²) < 4.78 is 5.85. The summed E-state index contributed by atoms with van der Waals surface area (Å²) in [6.45, 7) is 3.10. The van der Waals surface area contributed by atoms with Crippen LogP contribution in [-0.2, 0) is 22.6 Å². The number of amides is 1. The fourth-order valence-corrected chi connectivity index (χ4v) is 3.84. The van der Waals surface area contributed by atoms with Crippen LogP contribution >= 0.6 is 0 Å². The number of benzene rings is 1. The van der Waals surface area contributed by atoms with E-state index in [2.05, 4.69) is 0 Å². The molecule has 2 atom stereocenters. The predicted molar refractivity (Wildman–Crippen MR) is 91.8 cm³/mol. The van der Waals surface area contributed by atoms with Gasteiger partial charge in [-0.2, -0.15) is 0 Å². The molecule has 1 spiro atoms. The molecule has 6 heteroatoms. The zero-order valence-electron chi connectivity index (χ0n) is 14.6. The van der Waals surface area contributed by atoms with E-state index >= 15 is 0 Å². The first-order valence-corrected chi connectivity index (χ1v) is 8.87. The van der Waals surface area contributed by atoms with Crippen molar-refractivity contribution in [1.29, 1.82) is 0 Å². The van der Waals surface area contributed by atoms with Crippen molar-refractivity contribution >= 4 is 5.91 Å². The average Bonchev–Trinajstić information content (AvgIpc) is 2.61. The Balaban J connectivity index is 1.59. The van der Waals surface area contributed by atoms with Gasteiger partial charge in [-0.3, -0.25) is 4.79 Å². The third-order valence-corrected chi connectivity index (χ3v) is 5.61. The lowest BCUT2D eigenvalue weighted by Gasteiger charge is -2.51. The summed E-state index contributed by atoms with van der Waals surface area (Å²) in [5.74, 6) is 0.0451. The smallest absolute Gasteiger partial charge is 0.226 e. The summed E-state index contributed by atoms with van der Waals surface area (Å²) in [7, 11) is 0. The maximum atomic E-state index is 12.5. The third-order valence-electron chi connectivity index (χ3n) is 5.61. The van der Waals surface area contributed by atoms with Gasteiger partial charge in [0.1, 0.15) is 11.7 Å². The molecule has 25 heavy (non-hydrogen) atoms. The van der Waals surface area contributed by atoms with Crippen molar-refractivity contribution in [2.24, 2.45) is 0 Å². The molecule has 3 rings (SSSR count). The second-order valence-electron chi connectivity index (χ2n) is 7.46. The largest absolute Gasteiger partial charge is 0.392 e. The zero-order chi connectivity index (χ0) is 18.1. The second-order valence-corrected chi connectivity index (χ2v) is 7.46. The van der Waals surface area contributed by atoms with Gasteiger partial charge in [0.15, 0.2) is 0 Å². The zero-order valence-corrected chi connectivity index (χ0v) is 14.6. The van der Waals surface area contributed by atoms with Crippen LogP contribution in [0.15, 0.2) is 24.3 Å². The molecular weight excluding hydrogens is 322 g/mol. The second kappa shape index (κ2) is 7.03. The van der Waals surface area contributed by atoms with Crippen LogP contribution in [-0.4, -0.2) is 63.1 Å². The van der Waals surface area contributed by atoms with Gasteiger partial charge in [-0.05, 0) is 30.9 Å². The van der Waals surface area contributed by atoms with E-state index in [0.29, 0.717) is 45.4 Å². The molecule has 0 aliphatic carbocycles. The van der Waals surface area contributed by atoms with Gasteiger partial charge in [-0.15, -0.1) is 0 Å².